The average molecular weight is 242 g/mol. The van der Waals surface area contributed by atoms with Crippen molar-refractivity contribution in [1.82, 2.24) is 5.32 Å². The normalized spacial score (nSPS) is 37.9. The molecule has 2 fully saturated rings. The largest absolute Gasteiger partial charge is 0.386 e. The zero-order chi connectivity index (χ0) is 11.7. The molecule has 0 radical (unpaired) electrons. The molecule has 2 saturated heterocycles. The Kier molecular flexibility index (Phi) is 3.56. The van der Waals surface area contributed by atoms with Crippen LogP contribution in [0.15, 0.2) is 17.1 Å². The quantitative estimate of drug-likeness (QED) is 0.713. The molecule has 0 saturated carbocycles. The van der Waals surface area contributed by atoms with Crippen molar-refractivity contribution in [1.29, 1.82) is 0 Å². The Morgan fingerprint density at radius 2 is 2.44 bits per heavy atom. The van der Waals surface area contributed by atoms with Crippen LogP contribution in [0.4, 0.5) is 0 Å². The predicted octanol–water partition coefficient (Wildman–Crippen LogP) is 1.12. The number of nitrogens with zero attached hydrogens (tertiary/aromatic N) is 1. The molecule has 2 rings (SSSR count). The van der Waals surface area contributed by atoms with E-state index in [0.29, 0.717) is 6.04 Å². The molecule has 0 aliphatic carbocycles. The van der Waals surface area contributed by atoms with Crippen molar-refractivity contribution in [3.8, 4) is 0 Å². The molecule has 4 atom stereocenters. The second kappa shape index (κ2) is 4.77. The van der Waals surface area contributed by atoms with E-state index in [9.17, 15) is 5.11 Å². The van der Waals surface area contributed by atoms with E-state index in [4.69, 9.17) is 4.74 Å². The number of aliphatic hydroxyl groups is 1. The van der Waals surface area contributed by atoms with Crippen LogP contribution in [0, 0.1) is 0 Å². The lowest BCUT2D eigenvalue weighted by atomic mass is 9.98. The molecular formula is C11H18N2O2S. The Hall–Kier alpha value is -0.520. The molecule has 0 unspecified atom stereocenters. The van der Waals surface area contributed by atoms with E-state index >= 15 is 0 Å². The van der Waals surface area contributed by atoms with Gasteiger partial charge in [-0.05, 0) is 25.3 Å². The zero-order valence-corrected chi connectivity index (χ0v) is 10.5. The third-order valence-corrected chi connectivity index (χ3v) is 4.19. The van der Waals surface area contributed by atoms with Gasteiger partial charge in [-0.25, -0.2) is 0 Å². The molecule has 2 N–H and O–H groups in total. The van der Waals surface area contributed by atoms with Crippen molar-refractivity contribution in [2.45, 2.75) is 43.5 Å². The molecule has 2 aliphatic rings. The third-order valence-electron chi connectivity index (χ3n) is 3.00. The maximum Gasteiger partial charge on any atom is 0.159 e. The summed E-state index contributed by atoms with van der Waals surface area (Å²) >= 11 is 1.60. The minimum absolute atomic E-state index is 0.0754. The first-order chi connectivity index (χ1) is 7.61. The van der Waals surface area contributed by atoms with Crippen LogP contribution in [0.3, 0.4) is 0 Å². The van der Waals surface area contributed by atoms with Gasteiger partial charge >= 0.3 is 0 Å². The van der Waals surface area contributed by atoms with Crippen molar-refractivity contribution in [3.63, 3.8) is 0 Å². The minimum atomic E-state index is -0.552. The van der Waals surface area contributed by atoms with Crippen LogP contribution in [-0.2, 0) is 4.74 Å². The van der Waals surface area contributed by atoms with E-state index in [1.165, 1.54) is 0 Å². The number of fused-ring (bicyclic) bond motifs is 1. The van der Waals surface area contributed by atoms with Gasteiger partial charge in [0.05, 0.1) is 12.1 Å². The maximum absolute atomic E-state index is 9.91. The zero-order valence-electron chi connectivity index (χ0n) is 9.64. The summed E-state index contributed by atoms with van der Waals surface area (Å²) in [5.41, 5.74) is 0.843. The molecule has 0 aromatic carbocycles. The van der Waals surface area contributed by atoms with Crippen molar-refractivity contribution < 1.29 is 9.84 Å². The van der Waals surface area contributed by atoms with E-state index in [0.717, 1.165) is 23.6 Å². The van der Waals surface area contributed by atoms with Crippen molar-refractivity contribution in [3.05, 3.63) is 12.2 Å². The molecule has 16 heavy (non-hydrogen) atoms. The van der Waals surface area contributed by atoms with Crippen LogP contribution in [-0.4, -0.2) is 41.0 Å². The number of aliphatic imine (C=N–C) groups is 1. The Morgan fingerprint density at radius 1 is 1.69 bits per heavy atom. The first-order valence-corrected chi connectivity index (χ1v) is 6.38. The Balaban J connectivity index is 1.98. The molecule has 0 aromatic rings. The number of rotatable bonds is 2. The van der Waals surface area contributed by atoms with Crippen LogP contribution >= 0.6 is 11.8 Å². The van der Waals surface area contributed by atoms with Gasteiger partial charge in [-0.2, -0.15) is 0 Å². The van der Waals surface area contributed by atoms with Crippen molar-refractivity contribution in [2.75, 3.05) is 7.05 Å². The molecule has 2 aliphatic heterocycles. The van der Waals surface area contributed by atoms with Gasteiger partial charge in [-0.3, -0.25) is 4.99 Å². The first kappa shape index (κ1) is 12.0. The summed E-state index contributed by atoms with van der Waals surface area (Å²) in [6.45, 7) is 5.60. The summed E-state index contributed by atoms with van der Waals surface area (Å²) in [6.07, 6.45) is 1.19. The van der Waals surface area contributed by atoms with Crippen molar-refractivity contribution in [2.24, 2.45) is 4.99 Å². The first-order valence-electron chi connectivity index (χ1n) is 5.50. The maximum atomic E-state index is 9.91. The highest BCUT2D eigenvalue weighted by Gasteiger charge is 2.40. The molecule has 0 aromatic heterocycles. The fraction of sp³-hybridized carbons (Fsp3) is 0.727. The molecule has 90 valence electrons. The van der Waals surface area contributed by atoms with Gasteiger partial charge in [0, 0.05) is 7.05 Å². The predicted molar refractivity (Wildman–Crippen MR) is 66.6 cm³/mol. The molecule has 2 heterocycles. The number of hydrogen-bond donors (Lipinski definition) is 2. The summed E-state index contributed by atoms with van der Waals surface area (Å²) in [6, 6.07) is 0.331. The van der Waals surface area contributed by atoms with Gasteiger partial charge in [0.2, 0.25) is 0 Å². The van der Waals surface area contributed by atoms with E-state index < -0.39 is 6.10 Å². The fourth-order valence-corrected chi connectivity index (χ4v) is 3.15. The number of nitrogens with one attached hydrogen (secondary N) is 1. The summed E-state index contributed by atoms with van der Waals surface area (Å²) in [5, 5.41) is 14.2. The average Bonchev–Trinajstić information content (AvgIpc) is 2.69. The summed E-state index contributed by atoms with van der Waals surface area (Å²) in [5.74, 6) is 0. The van der Waals surface area contributed by atoms with Gasteiger partial charge in [0.25, 0.3) is 0 Å². The molecule has 0 spiro atoms. The lowest BCUT2D eigenvalue weighted by molar-refractivity contribution is -0.0693. The van der Waals surface area contributed by atoms with Crippen LogP contribution in [0.2, 0.25) is 0 Å². The number of aliphatic hydroxyl groups excluding tert-OH is 1. The summed E-state index contributed by atoms with van der Waals surface area (Å²) < 4.78 is 5.87. The van der Waals surface area contributed by atoms with E-state index in [1.807, 2.05) is 6.92 Å². The molecular weight excluding hydrogens is 224 g/mol. The second-order valence-corrected chi connectivity index (χ2v) is 5.40. The van der Waals surface area contributed by atoms with E-state index in [1.54, 1.807) is 18.8 Å². The number of amidine groups is 1. The van der Waals surface area contributed by atoms with Crippen molar-refractivity contribution >= 4 is 16.9 Å². The third kappa shape index (κ3) is 2.26. The Morgan fingerprint density at radius 3 is 3.06 bits per heavy atom. The van der Waals surface area contributed by atoms with Crippen LogP contribution < -0.4 is 5.32 Å². The van der Waals surface area contributed by atoms with Crippen LogP contribution in [0.1, 0.15) is 19.8 Å². The van der Waals surface area contributed by atoms with Gasteiger partial charge in [0.1, 0.15) is 11.5 Å². The Bertz CT molecular complexity index is 319. The minimum Gasteiger partial charge on any atom is -0.386 e. The summed E-state index contributed by atoms with van der Waals surface area (Å²) in [7, 11) is 1.77. The van der Waals surface area contributed by atoms with Crippen LogP contribution in [0.5, 0.6) is 0 Å². The molecule has 0 bridgehead atoms. The highest BCUT2D eigenvalue weighted by Crippen LogP contribution is 2.34. The van der Waals surface area contributed by atoms with Gasteiger partial charge in [-0.1, -0.05) is 18.3 Å². The van der Waals surface area contributed by atoms with Gasteiger partial charge < -0.3 is 15.2 Å². The highest BCUT2D eigenvalue weighted by atomic mass is 32.2. The highest BCUT2D eigenvalue weighted by molar-refractivity contribution is 8.14. The van der Waals surface area contributed by atoms with Gasteiger partial charge in [0.15, 0.2) is 5.17 Å². The standard InChI is InChI=1S/C11H18N2O2S/c1-6(2)9(14)8-5-4-7-10(15-8)16-11(12-3)13-7/h7-10,14H,1,4-5H2,2-3H3,(H,12,13)/t7-,8-,9+,10-/m1/s1. The van der Waals surface area contributed by atoms with E-state index in [2.05, 4.69) is 16.9 Å². The van der Waals surface area contributed by atoms with E-state index in [-0.39, 0.29) is 11.5 Å². The lowest BCUT2D eigenvalue weighted by Gasteiger charge is -2.33. The second-order valence-electron chi connectivity index (χ2n) is 4.31. The fourth-order valence-electron chi connectivity index (χ4n) is 2.03. The summed E-state index contributed by atoms with van der Waals surface area (Å²) in [4.78, 5) is 4.13. The number of hydrogen-bond acceptors (Lipinski definition) is 4. The topological polar surface area (TPSA) is 53.8 Å². The number of ether oxygens (including phenoxy) is 1. The Labute approximate surface area is 100 Å². The number of thioether (sulfide) groups is 1. The molecule has 5 heteroatoms. The smallest absolute Gasteiger partial charge is 0.159 e. The SMILES string of the molecule is C=C(C)[C@H](O)[C@H]1CC[C@H]2NC(=NC)S[C@H]2O1. The van der Waals surface area contributed by atoms with Gasteiger partial charge in [-0.15, -0.1) is 0 Å². The monoisotopic (exact) mass is 242 g/mol. The molecule has 4 nitrogen and oxygen atoms in total. The lowest BCUT2D eigenvalue weighted by Crippen LogP contribution is -2.44. The van der Waals surface area contributed by atoms with Crippen LogP contribution in [0.25, 0.3) is 0 Å². The molecule has 0 amide bonds.